The maximum Gasteiger partial charge on any atom is 0.165 e. The number of benzene rings is 5. The Kier molecular flexibility index (Phi) is 15.0. The Morgan fingerprint density at radius 3 is 1.53 bits per heavy atom. The Morgan fingerprint density at radius 1 is 0.566 bits per heavy atom. The molecule has 3 unspecified atom stereocenters. The van der Waals surface area contributed by atoms with E-state index in [1.54, 1.807) is 6.07 Å². The molecular formula is C42H45FO7P2S. The van der Waals surface area contributed by atoms with Crippen LogP contribution < -0.4 is 0 Å². The van der Waals surface area contributed by atoms with E-state index in [1.807, 2.05) is 121 Å². The second-order valence-electron chi connectivity index (χ2n) is 12.8. The van der Waals surface area contributed by atoms with Gasteiger partial charge in [-0.15, -0.1) is 11.8 Å². The van der Waals surface area contributed by atoms with Gasteiger partial charge in [0, 0.05) is 30.1 Å². The molecular weight excluding hydrogens is 729 g/mol. The van der Waals surface area contributed by atoms with Gasteiger partial charge in [-0.05, 0) is 39.9 Å². The lowest BCUT2D eigenvalue weighted by atomic mass is 9.89. The van der Waals surface area contributed by atoms with Crippen molar-refractivity contribution in [3.05, 3.63) is 178 Å². The Labute approximate surface area is 320 Å². The number of hydrogen-bond acceptors (Lipinski definition) is 8. The SMILES string of the molecule is OC1(c2cc(COP)c(F)cc2COP)S[C@H](COCc2ccccc2)[C@@H](OCc2ccccc2)[C@H](OCc2ccccc2)[C@H]1OCc1ccccc1. The third-order valence-corrected chi connectivity index (χ3v) is 10.9. The average molecular weight is 775 g/mol. The molecule has 1 saturated heterocycles. The lowest BCUT2D eigenvalue weighted by Gasteiger charge is -2.50. The van der Waals surface area contributed by atoms with Gasteiger partial charge in [0.05, 0.1) is 51.5 Å². The molecule has 5 aromatic rings. The highest BCUT2D eigenvalue weighted by Gasteiger charge is 2.57. The van der Waals surface area contributed by atoms with Gasteiger partial charge < -0.3 is 33.1 Å². The van der Waals surface area contributed by atoms with Crippen LogP contribution in [-0.4, -0.2) is 35.3 Å². The molecule has 0 amide bonds. The van der Waals surface area contributed by atoms with Gasteiger partial charge >= 0.3 is 0 Å². The van der Waals surface area contributed by atoms with Gasteiger partial charge in [0.25, 0.3) is 0 Å². The zero-order valence-electron chi connectivity index (χ0n) is 29.3. The van der Waals surface area contributed by atoms with Crippen LogP contribution in [0.15, 0.2) is 133 Å². The van der Waals surface area contributed by atoms with E-state index in [0.29, 0.717) is 24.3 Å². The maximum atomic E-state index is 15.5. The number of aliphatic hydroxyl groups is 1. The molecule has 1 fully saturated rings. The third kappa shape index (κ3) is 10.6. The summed E-state index contributed by atoms with van der Waals surface area (Å²) in [5, 5.41) is 12.9. The molecule has 7 nitrogen and oxygen atoms in total. The molecule has 278 valence electrons. The van der Waals surface area contributed by atoms with Crippen molar-refractivity contribution < 1.29 is 37.5 Å². The minimum absolute atomic E-state index is 0.0197. The normalized spacial score (nSPS) is 21.4. The van der Waals surface area contributed by atoms with Crippen LogP contribution in [0.1, 0.15) is 38.9 Å². The van der Waals surface area contributed by atoms with Crippen molar-refractivity contribution in [2.75, 3.05) is 6.61 Å². The largest absolute Gasteiger partial charge is 0.376 e. The summed E-state index contributed by atoms with van der Waals surface area (Å²) in [6.45, 7) is 1.29. The Morgan fingerprint density at radius 2 is 1.02 bits per heavy atom. The molecule has 0 saturated carbocycles. The molecule has 53 heavy (non-hydrogen) atoms. The van der Waals surface area contributed by atoms with Crippen molar-refractivity contribution in [2.45, 2.75) is 68.1 Å². The predicted octanol–water partition coefficient (Wildman–Crippen LogP) is 8.67. The van der Waals surface area contributed by atoms with Crippen LogP contribution in [0.25, 0.3) is 0 Å². The van der Waals surface area contributed by atoms with Crippen molar-refractivity contribution >= 4 is 30.7 Å². The highest BCUT2D eigenvalue weighted by atomic mass is 32.2. The number of ether oxygens (including phenoxy) is 4. The molecule has 7 atom stereocenters. The third-order valence-electron chi connectivity index (χ3n) is 9.08. The van der Waals surface area contributed by atoms with Gasteiger partial charge in [-0.1, -0.05) is 121 Å². The molecule has 1 aliphatic rings. The molecule has 5 aromatic carbocycles. The minimum Gasteiger partial charge on any atom is -0.376 e. The van der Waals surface area contributed by atoms with E-state index in [9.17, 15) is 5.11 Å². The molecule has 0 aromatic heterocycles. The summed E-state index contributed by atoms with van der Waals surface area (Å²) in [5.41, 5.74) is 5.06. The Hall–Kier alpha value is -3.04. The van der Waals surface area contributed by atoms with Crippen LogP contribution in [-0.2, 0) is 72.6 Å². The maximum absolute atomic E-state index is 15.5. The van der Waals surface area contributed by atoms with Gasteiger partial charge in [-0.3, -0.25) is 0 Å². The van der Waals surface area contributed by atoms with Crippen molar-refractivity contribution in [1.29, 1.82) is 0 Å². The van der Waals surface area contributed by atoms with Crippen molar-refractivity contribution in [3.8, 4) is 0 Å². The highest BCUT2D eigenvalue weighted by Crippen LogP contribution is 2.52. The molecule has 1 N–H and O–H groups in total. The van der Waals surface area contributed by atoms with Crippen LogP contribution in [0.2, 0.25) is 0 Å². The van der Waals surface area contributed by atoms with Gasteiger partial charge in [0.1, 0.15) is 24.1 Å². The van der Waals surface area contributed by atoms with Crippen LogP contribution in [0.5, 0.6) is 0 Å². The van der Waals surface area contributed by atoms with E-state index >= 15 is 4.39 Å². The molecule has 0 radical (unpaired) electrons. The summed E-state index contributed by atoms with van der Waals surface area (Å²) in [4.78, 5) is -1.79. The molecule has 1 aliphatic heterocycles. The molecule has 1 heterocycles. The number of rotatable bonds is 18. The van der Waals surface area contributed by atoms with Crippen LogP contribution in [0.3, 0.4) is 0 Å². The summed E-state index contributed by atoms with van der Waals surface area (Å²) in [6, 6.07) is 42.5. The van der Waals surface area contributed by atoms with E-state index < -0.39 is 34.3 Å². The first kappa shape index (κ1) is 39.6. The minimum atomic E-state index is -1.79. The molecule has 0 aliphatic carbocycles. The first-order valence-electron chi connectivity index (χ1n) is 17.4. The quantitative estimate of drug-likeness (QED) is 0.0888. The van der Waals surface area contributed by atoms with Gasteiger partial charge in [0.2, 0.25) is 0 Å². The van der Waals surface area contributed by atoms with E-state index in [0.717, 1.165) is 22.3 Å². The lowest BCUT2D eigenvalue weighted by molar-refractivity contribution is -0.199. The predicted molar refractivity (Wildman–Crippen MR) is 212 cm³/mol. The monoisotopic (exact) mass is 774 g/mol. The van der Waals surface area contributed by atoms with Gasteiger partial charge in [0.15, 0.2) is 4.93 Å². The molecule has 11 heteroatoms. The fourth-order valence-corrected chi connectivity index (χ4v) is 8.48. The summed E-state index contributed by atoms with van der Waals surface area (Å²) in [5.74, 6) is -0.469. The summed E-state index contributed by atoms with van der Waals surface area (Å²) in [7, 11) is 4.38. The van der Waals surface area contributed by atoms with E-state index in [2.05, 4.69) is 18.9 Å². The zero-order valence-corrected chi connectivity index (χ0v) is 32.4. The zero-order chi connectivity index (χ0) is 36.9. The first-order valence-corrected chi connectivity index (χ1v) is 19.2. The number of halogens is 1. The van der Waals surface area contributed by atoms with Crippen molar-refractivity contribution in [1.82, 2.24) is 0 Å². The first-order chi connectivity index (χ1) is 26.0. The van der Waals surface area contributed by atoms with Crippen LogP contribution in [0.4, 0.5) is 4.39 Å². The van der Waals surface area contributed by atoms with Crippen LogP contribution >= 0.6 is 30.7 Å². The van der Waals surface area contributed by atoms with Gasteiger partial charge in [-0.25, -0.2) is 4.39 Å². The standard InChI is InChI=1S/C42H45FO7P2S/c43-37-22-34(27-49-51)36(21-35(37)28-50-52)42(44)41(48-26-33-19-11-4-12-20-33)40(47-25-32-17-9-3-10-18-32)39(46-24-31-15-7-2-8-16-31)38(53-42)29-45-23-30-13-5-1-6-14-30/h1-22,38-41,44H,23-29,51-52H2/t38-,39-,40+,41-,42?/m1/s1. The Balaban J connectivity index is 1.46. The number of thioether (sulfide) groups is 1. The fourth-order valence-electron chi connectivity index (χ4n) is 6.47. The Bertz CT molecular complexity index is 1830. The van der Waals surface area contributed by atoms with Crippen LogP contribution in [0, 0.1) is 5.82 Å². The second-order valence-corrected chi connectivity index (χ2v) is 14.9. The smallest absolute Gasteiger partial charge is 0.165 e. The summed E-state index contributed by atoms with van der Waals surface area (Å²) >= 11 is 1.28. The lowest BCUT2D eigenvalue weighted by Crippen LogP contribution is -2.61. The molecule has 0 spiro atoms. The molecule has 0 bridgehead atoms. The highest BCUT2D eigenvalue weighted by molar-refractivity contribution is 8.00. The van der Waals surface area contributed by atoms with E-state index in [1.165, 1.54) is 17.8 Å². The topological polar surface area (TPSA) is 75.6 Å². The number of hydrogen-bond donors (Lipinski definition) is 1. The summed E-state index contributed by atoms with van der Waals surface area (Å²) < 4.78 is 53.1. The second kappa shape index (κ2) is 20.0. The fraction of sp³-hybridized carbons (Fsp3) is 0.286. The van der Waals surface area contributed by atoms with E-state index in [-0.39, 0.29) is 38.6 Å². The van der Waals surface area contributed by atoms with Crippen molar-refractivity contribution in [3.63, 3.8) is 0 Å². The van der Waals surface area contributed by atoms with E-state index in [4.69, 9.17) is 28.0 Å². The molecule has 6 rings (SSSR count). The summed E-state index contributed by atoms with van der Waals surface area (Å²) in [6.07, 6.45) is -2.41. The van der Waals surface area contributed by atoms with Crippen molar-refractivity contribution in [2.24, 2.45) is 0 Å². The van der Waals surface area contributed by atoms with Gasteiger partial charge in [-0.2, -0.15) is 0 Å². The average Bonchev–Trinajstić information content (AvgIpc) is 3.19.